The van der Waals surface area contributed by atoms with E-state index in [1.54, 1.807) is 6.92 Å². The number of hydrogen-bond acceptors (Lipinski definition) is 3. The molecule has 1 saturated carbocycles. The van der Waals surface area contributed by atoms with Gasteiger partial charge in [-0.05, 0) is 31.6 Å². The molecule has 0 aromatic rings. The number of hydrogen-bond donors (Lipinski definition) is 0. The van der Waals surface area contributed by atoms with Crippen LogP contribution in [0.2, 0.25) is 0 Å². The third-order valence-corrected chi connectivity index (χ3v) is 3.35. The summed E-state index contributed by atoms with van der Waals surface area (Å²) in [5.41, 5.74) is -0.945. The Morgan fingerprint density at radius 2 is 2.21 bits per heavy atom. The second kappa shape index (κ2) is 4.00. The van der Waals surface area contributed by atoms with E-state index < -0.39 is 5.41 Å². The first-order valence-electron chi connectivity index (χ1n) is 5.04. The Kier molecular flexibility index (Phi) is 3.15. The normalized spacial score (nSPS) is 30.4. The van der Waals surface area contributed by atoms with E-state index in [1.807, 2.05) is 0 Å². The standard InChI is InChI=1S/C11H17NO2/c1-8-4-5-9(6-8)11(2,7-12)10(13)14-3/h8-9H,4-6H2,1-3H3. The van der Waals surface area contributed by atoms with Gasteiger partial charge in [0.05, 0.1) is 13.2 Å². The van der Waals surface area contributed by atoms with Crippen LogP contribution in [0.4, 0.5) is 0 Å². The SMILES string of the molecule is COC(=O)C(C)(C#N)C1CCC(C)C1. The largest absolute Gasteiger partial charge is 0.468 e. The van der Waals surface area contributed by atoms with Gasteiger partial charge in [-0.3, -0.25) is 4.79 Å². The van der Waals surface area contributed by atoms with Crippen LogP contribution in [-0.2, 0) is 9.53 Å². The van der Waals surface area contributed by atoms with Gasteiger partial charge < -0.3 is 4.74 Å². The molecule has 3 atom stereocenters. The summed E-state index contributed by atoms with van der Waals surface area (Å²) in [6.45, 7) is 3.86. The number of carbonyl (C=O) groups excluding carboxylic acids is 1. The van der Waals surface area contributed by atoms with Crippen molar-refractivity contribution in [3.8, 4) is 6.07 Å². The molecule has 0 heterocycles. The maximum absolute atomic E-state index is 11.5. The minimum atomic E-state index is -0.945. The van der Waals surface area contributed by atoms with E-state index in [1.165, 1.54) is 7.11 Å². The van der Waals surface area contributed by atoms with Crippen molar-refractivity contribution < 1.29 is 9.53 Å². The second-order valence-corrected chi connectivity index (χ2v) is 4.42. The van der Waals surface area contributed by atoms with Crippen molar-refractivity contribution in [2.45, 2.75) is 33.1 Å². The second-order valence-electron chi connectivity index (χ2n) is 4.42. The predicted molar refractivity (Wildman–Crippen MR) is 52.2 cm³/mol. The lowest BCUT2D eigenvalue weighted by molar-refractivity contribution is -0.151. The third kappa shape index (κ3) is 1.75. The van der Waals surface area contributed by atoms with Crippen LogP contribution in [0.15, 0.2) is 0 Å². The van der Waals surface area contributed by atoms with Gasteiger partial charge in [-0.25, -0.2) is 0 Å². The molecule has 0 amide bonds. The van der Waals surface area contributed by atoms with Crippen LogP contribution in [0.5, 0.6) is 0 Å². The Hall–Kier alpha value is -1.04. The van der Waals surface area contributed by atoms with E-state index in [4.69, 9.17) is 10.00 Å². The van der Waals surface area contributed by atoms with Crippen LogP contribution in [-0.4, -0.2) is 13.1 Å². The zero-order valence-electron chi connectivity index (χ0n) is 9.04. The zero-order valence-corrected chi connectivity index (χ0v) is 9.04. The number of esters is 1. The van der Waals surface area contributed by atoms with Crippen molar-refractivity contribution in [2.24, 2.45) is 17.3 Å². The van der Waals surface area contributed by atoms with Crippen molar-refractivity contribution in [3.05, 3.63) is 0 Å². The molecule has 0 radical (unpaired) electrons. The van der Waals surface area contributed by atoms with Gasteiger partial charge in [-0.2, -0.15) is 5.26 Å². The summed E-state index contributed by atoms with van der Waals surface area (Å²) < 4.78 is 4.69. The fraction of sp³-hybridized carbons (Fsp3) is 0.818. The fourth-order valence-electron chi connectivity index (χ4n) is 2.25. The lowest BCUT2D eigenvalue weighted by atomic mass is 9.77. The highest BCUT2D eigenvalue weighted by Gasteiger charge is 2.45. The van der Waals surface area contributed by atoms with E-state index >= 15 is 0 Å². The molecule has 0 aliphatic heterocycles. The van der Waals surface area contributed by atoms with Crippen LogP contribution < -0.4 is 0 Å². The summed E-state index contributed by atoms with van der Waals surface area (Å²) in [4.78, 5) is 11.5. The zero-order chi connectivity index (χ0) is 10.8. The van der Waals surface area contributed by atoms with Crippen LogP contribution in [0.3, 0.4) is 0 Å². The first-order valence-corrected chi connectivity index (χ1v) is 5.04. The number of nitriles is 1. The minimum absolute atomic E-state index is 0.162. The Balaban J connectivity index is 2.81. The Morgan fingerprint density at radius 1 is 1.57 bits per heavy atom. The van der Waals surface area contributed by atoms with E-state index in [0.29, 0.717) is 5.92 Å². The van der Waals surface area contributed by atoms with Crippen molar-refractivity contribution in [1.82, 2.24) is 0 Å². The van der Waals surface area contributed by atoms with Gasteiger partial charge >= 0.3 is 5.97 Å². The Bertz CT molecular complexity index is 269. The predicted octanol–water partition coefficient (Wildman–Crippen LogP) is 2.13. The molecule has 1 aliphatic carbocycles. The maximum Gasteiger partial charge on any atom is 0.326 e. The highest BCUT2D eigenvalue weighted by atomic mass is 16.5. The quantitative estimate of drug-likeness (QED) is 0.634. The summed E-state index contributed by atoms with van der Waals surface area (Å²) in [7, 11) is 1.34. The monoisotopic (exact) mass is 195 g/mol. The van der Waals surface area contributed by atoms with Crippen molar-refractivity contribution in [2.75, 3.05) is 7.11 Å². The molecule has 3 heteroatoms. The molecular formula is C11H17NO2. The first-order chi connectivity index (χ1) is 6.54. The average molecular weight is 195 g/mol. The first kappa shape index (κ1) is 11.0. The Labute approximate surface area is 85.1 Å². The summed E-state index contributed by atoms with van der Waals surface area (Å²) in [5, 5.41) is 9.08. The fourth-order valence-corrected chi connectivity index (χ4v) is 2.25. The molecule has 0 bridgehead atoms. The third-order valence-electron chi connectivity index (χ3n) is 3.35. The molecule has 0 saturated heterocycles. The number of nitrogens with zero attached hydrogens (tertiary/aromatic N) is 1. The molecule has 1 aliphatic rings. The molecule has 1 fully saturated rings. The van der Waals surface area contributed by atoms with Crippen molar-refractivity contribution in [1.29, 1.82) is 5.26 Å². The van der Waals surface area contributed by atoms with E-state index in [0.717, 1.165) is 19.3 Å². The highest BCUT2D eigenvalue weighted by molar-refractivity contribution is 5.79. The number of ether oxygens (including phenoxy) is 1. The molecular weight excluding hydrogens is 178 g/mol. The Morgan fingerprint density at radius 3 is 2.57 bits per heavy atom. The lowest BCUT2D eigenvalue weighted by Gasteiger charge is -2.25. The average Bonchev–Trinajstić information content (AvgIpc) is 2.62. The van der Waals surface area contributed by atoms with E-state index in [-0.39, 0.29) is 11.9 Å². The molecule has 0 spiro atoms. The number of rotatable bonds is 2. The molecule has 78 valence electrons. The topological polar surface area (TPSA) is 50.1 Å². The van der Waals surface area contributed by atoms with Gasteiger partial charge in [-0.15, -0.1) is 0 Å². The van der Waals surface area contributed by atoms with Gasteiger partial charge in [0.1, 0.15) is 0 Å². The smallest absolute Gasteiger partial charge is 0.326 e. The molecule has 1 rings (SSSR count). The van der Waals surface area contributed by atoms with Crippen LogP contribution in [0, 0.1) is 28.6 Å². The number of carbonyl (C=O) groups is 1. The molecule has 0 aromatic heterocycles. The minimum Gasteiger partial charge on any atom is -0.468 e. The summed E-state index contributed by atoms with van der Waals surface area (Å²) >= 11 is 0. The lowest BCUT2D eigenvalue weighted by Crippen LogP contribution is -2.34. The van der Waals surface area contributed by atoms with Gasteiger partial charge in [0.2, 0.25) is 0 Å². The molecule has 14 heavy (non-hydrogen) atoms. The molecule has 0 N–H and O–H groups in total. The number of methoxy groups -OCH3 is 1. The molecule has 3 unspecified atom stereocenters. The van der Waals surface area contributed by atoms with Gasteiger partial charge in [0, 0.05) is 0 Å². The summed E-state index contributed by atoms with van der Waals surface area (Å²) in [6, 6.07) is 2.12. The van der Waals surface area contributed by atoms with Gasteiger partial charge in [-0.1, -0.05) is 13.3 Å². The van der Waals surface area contributed by atoms with Crippen LogP contribution in [0.1, 0.15) is 33.1 Å². The van der Waals surface area contributed by atoms with E-state index in [9.17, 15) is 4.79 Å². The van der Waals surface area contributed by atoms with Gasteiger partial charge in [0.25, 0.3) is 0 Å². The van der Waals surface area contributed by atoms with Crippen molar-refractivity contribution >= 4 is 5.97 Å². The van der Waals surface area contributed by atoms with Crippen LogP contribution in [0.25, 0.3) is 0 Å². The molecule has 0 aromatic carbocycles. The maximum atomic E-state index is 11.5. The van der Waals surface area contributed by atoms with Crippen LogP contribution >= 0.6 is 0 Å². The van der Waals surface area contributed by atoms with Crippen molar-refractivity contribution in [3.63, 3.8) is 0 Å². The van der Waals surface area contributed by atoms with E-state index in [2.05, 4.69) is 13.0 Å². The summed E-state index contributed by atoms with van der Waals surface area (Å²) in [6.07, 6.45) is 3.03. The summed E-state index contributed by atoms with van der Waals surface area (Å²) in [5.74, 6) is 0.395. The van der Waals surface area contributed by atoms with Gasteiger partial charge in [0.15, 0.2) is 5.41 Å². The highest BCUT2D eigenvalue weighted by Crippen LogP contribution is 2.42. The molecule has 3 nitrogen and oxygen atoms in total.